The molecule has 0 bridgehead atoms. The van der Waals surface area contributed by atoms with Crippen molar-refractivity contribution in [1.82, 2.24) is 4.98 Å². The van der Waals surface area contributed by atoms with E-state index in [9.17, 15) is 0 Å². The third-order valence-electron chi connectivity index (χ3n) is 2.75. The summed E-state index contributed by atoms with van der Waals surface area (Å²) >= 11 is 17.3. The summed E-state index contributed by atoms with van der Waals surface area (Å²) in [6.07, 6.45) is 0. The maximum atomic E-state index is 6.19. The van der Waals surface area contributed by atoms with E-state index in [-0.39, 0.29) is 0 Å². The van der Waals surface area contributed by atoms with Crippen LogP contribution in [0.3, 0.4) is 0 Å². The van der Waals surface area contributed by atoms with Gasteiger partial charge in [0.2, 0.25) is 0 Å². The van der Waals surface area contributed by atoms with Crippen LogP contribution < -0.4 is 11.1 Å². The standard InChI is InChI=1S/C14H13Cl2N3S/c1-7-3-11(16)12(6-10(7)15)19-13-5-9(14(17)20)4-8(2)18-13/h3-6H,1-2H3,(H2,17,20)(H,18,19). The van der Waals surface area contributed by atoms with Gasteiger partial charge in [0.05, 0.1) is 10.7 Å². The first-order valence-electron chi connectivity index (χ1n) is 5.88. The molecule has 104 valence electrons. The van der Waals surface area contributed by atoms with Crippen LogP contribution in [0.5, 0.6) is 0 Å². The van der Waals surface area contributed by atoms with E-state index >= 15 is 0 Å². The zero-order valence-electron chi connectivity index (χ0n) is 11.0. The van der Waals surface area contributed by atoms with Gasteiger partial charge in [-0.15, -0.1) is 0 Å². The summed E-state index contributed by atoms with van der Waals surface area (Å²) in [6, 6.07) is 7.18. The summed E-state index contributed by atoms with van der Waals surface area (Å²) in [4.78, 5) is 4.70. The number of rotatable bonds is 3. The minimum atomic E-state index is 0.326. The van der Waals surface area contributed by atoms with Crippen molar-refractivity contribution in [2.75, 3.05) is 5.32 Å². The summed E-state index contributed by atoms with van der Waals surface area (Å²) in [5.74, 6) is 0.620. The van der Waals surface area contributed by atoms with Crippen LogP contribution in [0.25, 0.3) is 0 Å². The average molecular weight is 326 g/mol. The summed E-state index contributed by atoms with van der Waals surface area (Å²) in [5, 5.41) is 4.35. The van der Waals surface area contributed by atoms with Gasteiger partial charge in [-0.25, -0.2) is 4.98 Å². The van der Waals surface area contributed by atoms with Crippen molar-refractivity contribution in [1.29, 1.82) is 0 Å². The van der Waals surface area contributed by atoms with Crippen molar-refractivity contribution in [2.45, 2.75) is 13.8 Å². The molecule has 20 heavy (non-hydrogen) atoms. The number of aromatic nitrogens is 1. The van der Waals surface area contributed by atoms with Crippen molar-refractivity contribution in [2.24, 2.45) is 5.73 Å². The van der Waals surface area contributed by atoms with Gasteiger partial charge in [-0.05, 0) is 43.7 Å². The molecule has 0 saturated heterocycles. The van der Waals surface area contributed by atoms with Crippen LogP contribution in [0.2, 0.25) is 10.0 Å². The highest BCUT2D eigenvalue weighted by molar-refractivity contribution is 7.80. The molecule has 0 aliphatic heterocycles. The number of nitrogens with two attached hydrogens (primary N) is 1. The predicted molar refractivity (Wildman–Crippen MR) is 89.3 cm³/mol. The first kappa shape index (κ1) is 15.0. The molecule has 0 amide bonds. The smallest absolute Gasteiger partial charge is 0.131 e. The molecule has 0 aliphatic carbocycles. The number of nitrogens with zero attached hydrogens (tertiary/aromatic N) is 1. The molecule has 3 nitrogen and oxygen atoms in total. The van der Waals surface area contributed by atoms with Crippen LogP contribution >= 0.6 is 35.4 Å². The van der Waals surface area contributed by atoms with Crippen LogP contribution in [-0.2, 0) is 0 Å². The third-order valence-corrected chi connectivity index (χ3v) is 3.70. The number of anilines is 2. The molecule has 0 spiro atoms. The van der Waals surface area contributed by atoms with E-state index in [1.165, 1.54) is 0 Å². The highest BCUT2D eigenvalue weighted by atomic mass is 35.5. The molecule has 1 heterocycles. The molecule has 0 fully saturated rings. The molecule has 3 N–H and O–H groups in total. The van der Waals surface area contributed by atoms with Gasteiger partial charge >= 0.3 is 0 Å². The summed E-state index contributed by atoms with van der Waals surface area (Å²) in [6.45, 7) is 3.77. The van der Waals surface area contributed by atoms with Gasteiger partial charge in [-0.3, -0.25) is 0 Å². The second-order valence-corrected chi connectivity index (χ2v) is 5.71. The van der Waals surface area contributed by atoms with Crippen molar-refractivity contribution in [3.8, 4) is 0 Å². The van der Waals surface area contributed by atoms with Gasteiger partial charge in [0.25, 0.3) is 0 Å². The lowest BCUT2D eigenvalue weighted by Gasteiger charge is -2.11. The Hall–Kier alpha value is -1.36. The number of nitrogens with one attached hydrogen (secondary N) is 1. The molecule has 2 rings (SSSR count). The Kier molecular flexibility index (Phi) is 4.48. The lowest BCUT2D eigenvalue weighted by molar-refractivity contribution is 1.19. The fourth-order valence-electron chi connectivity index (χ4n) is 1.75. The maximum Gasteiger partial charge on any atom is 0.131 e. The van der Waals surface area contributed by atoms with Crippen molar-refractivity contribution in [3.05, 3.63) is 51.1 Å². The molecular formula is C14H13Cl2N3S. The van der Waals surface area contributed by atoms with E-state index in [4.69, 9.17) is 41.2 Å². The monoisotopic (exact) mass is 325 g/mol. The number of benzene rings is 1. The lowest BCUT2D eigenvalue weighted by atomic mass is 10.2. The van der Waals surface area contributed by atoms with E-state index in [2.05, 4.69) is 10.3 Å². The van der Waals surface area contributed by atoms with E-state index < -0.39 is 0 Å². The molecule has 2 aromatic rings. The number of hydrogen-bond donors (Lipinski definition) is 2. The van der Waals surface area contributed by atoms with Crippen LogP contribution in [-0.4, -0.2) is 9.97 Å². The fourth-order valence-corrected chi connectivity index (χ4v) is 2.30. The molecule has 1 aromatic heterocycles. The Labute approximate surface area is 133 Å². The number of thiocarbonyl (C=S) groups is 1. The lowest BCUT2D eigenvalue weighted by Crippen LogP contribution is -2.10. The summed E-state index contributed by atoms with van der Waals surface area (Å²) < 4.78 is 0. The van der Waals surface area contributed by atoms with Gasteiger partial charge in [-0.2, -0.15) is 0 Å². The Morgan fingerprint density at radius 1 is 1.15 bits per heavy atom. The molecule has 0 unspecified atom stereocenters. The molecule has 0 radical (unpaired) electrons. The molecule has 0 atom stereocenters. The first-order valence-corrected chi connectivity index (χ1v) is 7.04. The molecular weight excluding hydrogens is 313 g/mol. The summed E-state index contributed by atoms with van der Waals surface area (Å²) in [5.41, 5.74) is 8.82. The minimum Gasteiger partial charge on any atom is -0.389 e. The normalized spacial score (nSPS) is 10.4. The van der Waals surface area contributed by atoms with Crippen LogP contribution in [0.4, 0.5) is 11.5 Å². The molecule has 1 aromatic carbocycles. The topological polar surface area (TPSA) is 50.9 Å². The van der Waals surface area contributed by atoms with Gasteiger partial charge in [0, 0.05) is 16.3 Å². The highest BCUT2D eigenvalue weighted by Gasteiger charge is 2.08. The Bertz CT molecular complexity index is 686. The molecule has 0 aliphatic rings. The van der Waals surface area contributed by atoms with Crippen molar-refractivity contribution < 1.29 is 0 Å². The Morgan fingerprint density at radius 2 is 1.85 bits per heavy atom. The quantitative estimate of drug-likeness (QED) is 0.822. The number of pyridine rings is 1. The largest absolute Gasteiger partial charge is 0.389 e. The predicted octanol–water partition coefficient (Wildman–Crippen LogP) is 4.38. The zero-order chi connectivity index (χ0) is 14.9. The number of halogens is 2. The van der Waals surface area contributed by atoms with Gasteiger partial charge in [-0.1, -0.05) is 35.4 Å². The van der Waals surface area contributed by atoms with Gasteiger partial charge in [0.15, 0.2) is 0 Å². The minimum absolute atomic E-state index is 0.326. The number of hydrogen-bond acceptors (Lipinski definition) is 3. The van der Waals surface area contributed by atoms with E-state index in [0.29, 0.717) is 26.5 Å². The van der Waals surface area contributed by atoms with Crippen molar-refractivity contribution in [3.63, 3.8) is 0 Å². The average Bonchev–Trinajstić information content (AvgIpc) is 2.35. The van der Waals surface area contributed by atoms with Gasteiger partial charge < -0.3 is 11.1 Å². The third kappa shape index (κ3) is 3.39. The first-order chi connectivity index (χ1) is 9.36. The maximum absolute atomic E-state index is 6.19. The Morgan fingerprint density at radius 3 is 2.50 bits per heavy atom. The zero-order valence-corrected chi connectivity index (χ0v) is 13.3. The number of aryl methyl sites for hydroxylation is 2. The van der Waals surface area contributed by atoms with Crippen LogP contribution in [0.15, 0.2) is 24.3 Å². The van der Waals surface area contributed by atoms with E-state index in [1.54, 1.807) is 18.2 Å². The van der Waals surface area contributed by atoms with Crippen LogP contribution in [0.1, 0.15) is 16.8 Å². The fraction of sp³-hybridized carbons (Fsp3) is 0.143. The van der Waals surface area contributed by atoms with Crippen molar-refractivity contribution >= 4 is 51.9 Å². The highest BCUT2D eigenvalue weighted by Crippen LogP contribution is 2.30. The molecule has 0 saturated carbocycles. The van der Waals surface area contributed by atoms with E-state index in [0.717, 1.165) is 16.8 Å². The van der Waals surface area contributed by atoms with E-state index in [1.807, 2.05) is 19.9 Å². The van der Waals surface area contributed by atoms with Crippen LogP contribution in [0, 0.1) is 13.8 Å². The summed E-state index contributed by atoms with van der Waals surface area (Å²) in [7, 11) is 0. The second-order valence-electron chi connectivity index (χ2n) is 4.45. The molecule has 6 heteroatoms. The Balaban J connectivity index is 2.40. The SMILES string of the molecule is Cc1cc(C(N)=S)cc(Nc2cc(Cl)c(C)cc2Cl)n1. The second kappa shape index (κ2) is 5.95. The van der Waals surface area contributed by atoms with Gasteiger partial charge in [0.1, 0.15) is 10.8 Å².